The molecule has 2 aromatic rings. The molecule has 1 aliphatic heterocycles. The molecule has 5 rings (SSSR count). The molecule has 1 N–H and O–H groups in total. The maximum Gasteiger partial charge on any atom is 0.335 e. The van der Waals surface area contributed by atoms with E-state index in [-0.39, 0.29) is 12.8 Å². The normalized spacial score (nSPS) is 21.2. The van der Waals surface area contributed by atoms with E-state index in [2.05, 4.69) is 23.1 Å². The van der Waals surface area contributed by atoms with Crippen LogP contribution in [0.3, 0.4) is 0 Å². The van der Waals surface area contributed by atoms with Gasteiger partial charge < -0.3 is 9.84 Å². The van der Waals surface area contributed by atoms with Crippen LogP contribution in [0, 0.1) is 5.92 Å². The average Bonchev–Trinajstić information content (AvgIpc) is 3.51. The highest BCUT2D eigenvalue weighted by Crippen LogP contribution is 2.44. The fourth-order valence-electron chi connectivity index (χ4n) is 6.27. The van der Waals surface area contributed by atoms with Crippen LogP contribution in [0.4, 0.5) is 4.39 Å². The van der Waals surface area contributed by atoms with Crippen LogP contribution in [0.15, 0.2) is 48.0 Å². The van der Waals surface area contributed by atoms with E-state index < -0.39 is 5.97 Å². The molecule has 1 heterocycles. The van der Waals surface area contributed by atoms with Crippen LogP contribution in [-0.2, 0) is 6.42 Å². The summed E-state index contributed by atoms with van der Waals surface area (Å²) < 4.78 is 19.0. The van der Waals surface area contributed by atoms with E-state index in [0.717, 1.165) is 56.6 Å². The first-order valence-corrected chi connectivity index (χ1v) is 13.3. The zero-order valence-corrected chi connectivity index (χ0v) is 20.5. The quantitative estimate of drug-likeness (QED) is 0.470. The molecule has 0 amide bonds. The van der Waals surface area contributed by atoms with Crippen molar-refractivity contribution in [3.63, 3.8) is 0 Å². The van der Waals surface area contributed by atoms with Crippen LogP contribution >= 0.6 is 0 Å². The van der Waals surface area contributed by atoms with Crippen LogP contribution in [-0.4, -0.2) is 48.4 Å². The van der Waals surface area contributed by atoms with Gasteiger partial charge in [0.1, 0.15) is 11.9 Å². The van der Waals surface area contributed by atoms with Gasteiger partial charge in [-0.1, -0.05) is 36.6 Å². The minimum absolute atomic E-state index is 0.132. The number of carboxylic acids is 1. The van der Waals surface area contributed by atoms with Crippen LogP contribution in [0.1, 0.15) is 78.4 Å². The number of hydrogen-bond donors (Lipinski definition) is 1. The Labute approximate surface area is 207 Å². The highest BCUT2D eigenvalue weighted by atomic mass is 19.1. The summed E-state index contributed by atoms with van der Waals surface area (Å²) in [6, 6.07) is 14.1. The summed E-state index contributed by atoms with van der Waals surface area (Å²) >= 11 is 0. The van der Waals surface area contributed by atoms with Crippen molar-refractivity contribution in [3.8, 4) is 5.75 Å². The Bertz CT molecular complexity index is 1090. The van der Waals surface area contributed by atoms with Crippen molar-refractivity contribution in [2.45, 2.75) is 63.9 Å². The lowest BCUT2D eigenvalue weighted by atomic mass is 9.84. The van der Waals surface area contributed by atoms with Crippen LogP contribution in [0.2, 0.25) is 0 Å². The van der Waals surface area contributed by atoms with Crippen molar-refractivity contribution >= 4 is 11.5 Å². The van der Waals surface area contributed by atoms with Gasteiger partial charge in [0.2, 0.25) is 0 Å². The monoisotopic (exact) mass is 477 g/mol. The van der Waals surface area contributed by atoms with Gasteiger partial charge in [-0.25, -0.2) is 4.79 Å². The summed E-state index contributed by atoms with van der Waals surface area (Å²) in [7, 11) is 0. The number of carbonyl (C=O) groups is 1. The lowest BCUT2D eigenvalue weighted by Gasteiger charge is -2.22. The van der Waals surface area contributed by atoms with Gasteiger partial charge in [0.15, 0.2) is 0 Å². The molecule has 35 heavy (non-hydrogen) atoms. The Morgan fingerprint density at radius 3 is 2.71 bits per heavy atom. The van der Waals surface area contributed by atoms with E-state index in [4.69, 9.17) is 4.74 Å². The number of hydrogen-bond acceptors (Lipinski definition) is 3. The van der Waals surface area contributed by atoms with Gasteiger partial charge in [-0.3, -0.25) is 9.29 Å². The minimum Gasteiger partial charge on any atom is -0.489 e. The molecule has 0 unspecified atom stereocenters. The summed E-state index contributed by atoms with van der Waals surface area (Å²) in [5, 5.41) is 9.55. The Kier molecular flexibility index (Phi) is 7.52. The van der Waals surface area contributed by atoms with E-state index in [1.54, 1.807) is 11.6 Å². The van der Waals surface area contributed by atoms with Crippen LogP contribution < -0.4 is 4.74 Å². The van der Waals surface area contributed by atoms with E-state index in [1.807, 2.05) is 18.2 Å². The number of carboxylic acid groups (broad SMARTS) is 1. The predicted octanol–water partition coefficient (Wildman–Crippen LogP) is 6.53. The number of nitrogens with zero attached hydrogens (tertiary/aromatic N) is 1. The minimum atomic E-state index is -0.869. The molecule has 3 aliphatic rings. The number of allylic oxidation sites excluding steroid dienone is 1. The second-order valence-corrected chi connectivity index (χ2v) is 10.3. The molecule has 186 valence electrons. The number of halogens is 1. The van der Waals surface area contributed by atoms with E-state index in [9.17, 15) is 14.3 Å². The highest BCUT2D eigenvalue weighted by molar-refractivity contribution is 5.90. The van der Waals surface area contributed by atoms with E-state index >= 15 is 0 Å². The number of aryl methyl sites for hydroxylation is 1. The Morgan fingerprint density at radius 1 is 1.06 bits per heavy atom. The highest BCUT2D eigenvalue weighted by Gasteiger charge is 2.28. The van der Waals surface area contributed by atoms with Crippen molar-refractivity contribution in [2.24, 2.45) is 5.92 Å². The number of likely N-dealkylation sites (tertiary alicyclic amines) is 1. The Hall–Kier alpha value is -2.66. The summed E-state index contributed by atoms with van der Waals surface area (Å²) in [4.78, 5) is 13.9. The maximum atomic E-state index is 12.6. The maximum absolute atomic E-state index is 12.6. The lowest BCUT2D eigenvalue weighted by molar-refractivity contribution is 0.0696. The molecule has 5 heteroatoms. The van der Waals surface area contributed by atoms with Gasteiger partial charge in [0.25, 0.3) is 0 Å². The number of rotatable bonds is 8. The van der Waals surface area contributed by atoms with Crippen LogP contribution in [0.5, 0.6) is 5.75 Å². The number of alkyl halides is 1. The number of benzene rings is 2. The number of aromatic carboxylic acids is 1. The fourth-order valence-corrected chi connectivity index (χ4v) is 6.27. The Morgan fingerprint density at radius 2 is 1.91 bits per heavy atom. The Balaban J connectivity index is 1.48. The summed E-state index contributed by atoms with van der Waals surface area (Å²) in [5.41, 5.74) is 6.69. The fraction of sp³-hybridized carbons (Fsp3) is 0.500. The molecule has 0 bridgehead atoms. The largest absolute Gasteiger partial charge is 0.489 e. The zero-order valence-electron chi connectivity index (χ0n) is 20.5. The molecular formula is C30H36FNO3. The predicted molar refractivity (Wildman–Crippen MR) is 137 cm³/mol. The molecule has 1 saturated carbocycles. The SMILES string of the molecule is O=C(O)c1ccc2c(c1)CCCC(C1CCCC1)=C2c1cccc(O[C@@H]2CCN(CCCF)C2)c1. The second kappa shape index (κ2) is 10.9. The van der Waals surface area contributed by atoms with E-state index in [1.165, 1.54) is 42.4 Å². The zero-order chi connectivity index (χ0) is 24.2. The molecule has 0 spiro atoms. The van der Waals surface area contributed by atoms with Gasteiger partial charge in [-0.05, 0) is 97.4 Å². The molecular weight excluding hydrogens is 441 g/mol. The van der Waals surface area contributed by atoms with Gasteiger partial charge >= 0.3 is 5.97 Å². The summed E-state index contributed by atoms with van der Waals surface area (Å²) in [6.07, 6.45) is 9.77. The molecule has 2 fully saturated rings. The molecule has 2 aromatic carbocycles. The molecule has 1 saturated heterocycles. The van der Waals surface area contributed by atoms with Gasteiger partial charge in [0, 0.05) is 19.6 Å². The smallest absolute Gasteiger partial charge is 0.335 e. The second-order valence-electron chi connectivity index (χ2n) is 10.3. The topological polar surface area (TPSA) is 49.8 Å². The lowest BCUT2D eigenvalue weighted by Crippen LogP contribution is -2.26. The standard InChI is InChI=1S/C30H36FNO3/c31-15-5-16-32-17-14-26(20-32)35-25-10-3-9-23(19-25)29-27(21-6-1-2-7-21)11-4-8-22-18-24(30(33)34)12-13-28(22)29/h3,9-10,12-13,18-19,21,26H,1-2,4-8,11,14-17,20H2,(H,33,34)/t26-/m1/s1. The van der Waals surface area contributed by atoms with Gasteiger partial charge in [-0.2, -0.15) is 0 Å². The van der Waals surface area contributed by atoms with Crippen molar-refractivity contribution in [2.75, 3.05) is 26.3 Å². The van der Waals surface area contributed by atoms with Crippen LogP contribution in [0.25, 0.3) is 5.57 Å². The molecule has 0 radical (unpaired) electrons. The molecule has 1 atom stereocenters. The first-order valence-electron chi connectivity index (χ1n) is 13.3. The first kappa shape index (κ1) is 24.1. The van der Waals surface area contributed by atoms with Crippen molar-refractivity contribution in [1.29, 1.82) is 0 Å². The third-order valence-corrected chi connectivity index (χ3v) is 7.95. The molecule has 4 nitrogen and oxygen atoms in total. The van der Waals surface area contributed by atoms with Gasteiger partial charge in [-0.15, -0.1) is 0 Å². The average molecular weight is 478 g/mol. The number of fused-ring (bicyclic) bond motifs is 1. The van der Waals surface area contributed by atoms with Crippen molar-refractivity contribution in [1.82, 2.24) is 4.90 Å². The van der Waals surface area contributed by atoms with Crippen molar-refractivity contribution in [3.05, 3.63) is 70.3 Å². The third-order valence-electron chi connectivity index (χ3n) is 7.95. The first-order chi connectivity index (χ1) is 17.1. The summed E-state index contributed by atoms with van der Waals surface area (Å²) in [6.45, 7) is 2.34. The summed E-state index contributed by atoms with van der Waals surface area (Å²) in [5.74, 6) is 0.621. The van der Waals surface area contributed by atoms with Gasteiger partial charge in [0.05, 0.1) is 12.2 Å². The van der Waals surface area contributed by atoms with E-state index in [0.29, 0.717) is 17.9 Å². The van der Waals surface area contributed by atoms with Crippen molar-refractivity contribution < 1.29 is 19.0 Å². The molecule has 0 aromatic heterocycles. The molecule has 2 aliphatic carbocycles. The third kappa shape index (κ3) is 5.45. The number of ether oxygens (including phenoxy) is 1.